The van der Waals surface area contributed by atoms with Crippen LogP contribution in [0.2, 0.25) is 0 Å². The van der Waals surface area contributed by atoms with Crippen LogP contribution < -0.4 is 0 Å². The Labute approximate surface area is 59.2 Å². The molecule has 0 spiro atoms. The van der Waals surface area contributed by atoms with Gasteiger partial charge in [0.1, 0.15) is 0 Å². The van der Waals surface area contributed by atoms with Crippen molar-refractivity contribution in [2.75, 3.05) is 0 Å². The summed E-state index contributed by atoms with van der Waals surface area (Å²) >= 11 is 0. The minimum Gasteiger partial charge on any atom is -0.480 e. The van der Waals surface area contributed by atoms with Gasteiger partial charge in [0.05, 0.1) is 0 Å². The van der Waals surface area contributed by atoms with Crippen molar-refractivity contribution in [2.24, 2.45) is 5.18 Å². The molecular weight excluding hydrogens is 134 g/mol. The molecule has 58 valence electrons. The van der Waals surface area contributed by atoms with Crippen molar-refractivity contribution in [3.63, 3.8) is 0 Å². The van der Waals surface area contributed by atoms with E-state index < -0.39 is 12.0 Å². The number of rotatable bonds is 5. The molecule has 0 rings (SSSR count). The fourth-order valence-corrected chi connectivity index (χ4v) is 0.619. The highest BCUT2D eigenvalue weighted by molar-refractivity contribution is 5.73. The Bertz CT molecular complexity index is 124. The lowest BCUT2D eigenvalue weighted by Gasteiger charge is -1.99. The molecule has 0 aromatic carbocycles. The van der Waals surface area contributed by atoms with Crippen molar-refractivity contribution in [2.45, 2.75) is 32.2 Å². The largest absolute Gasteiger partial charge is 0.480 e. The SMILES string of the molecule is CCCC[C@H](N=O)C(=O)O. The average molecular weight is 145 g/mol. The van der Waals surface area contributed by atoms with E-state index in [1.54, 1.807) is 0 Å². The number of nitroso groups, excluding NO2 is 1. The molecule has 0 aliphatic carbocycles. The predicted molar refractivity (Wildman–Crippen MR) is 36.7 cm³/mol. The third-order valence-corrected chi connectivity index (χ3v) is 1.24. The van der Waals surface area contributed by atoms with Crippen LogP contribution in [0.1, 0.15) is 26.2 Å². The van der Waals surface area contributed by atoms with E-state index in [0.29, 0.717) is 6.42 Å². The van der Waals surface area contributed by atoms with Crippen molar-refractivity contribution < 1.29 is 9.90 Å². The van der Waals surface area contributed by atoms with Crippen LogP contribution in [-0.2, 0) is 4.79 Å². The quantitative estimate of drug-likeness (QED) is 0.594. The summed E-state index contributed by atoms with van der Waals surface area (Å²) in [7, 11) is 0. The van der Waals surface area contributed by atoms with Gasteiger partial charge < -0.3 is 5.11 Å². The first kappa shape index (κ1) is 9.07. The number of carboxylic acids is 1. The summed E-state index contributed by atoms with van der Waals surface area (Å²) < 4.78 is 0. The summed E-state index contributed by atoms with van der Waals surface area (Å²) in [5.41, 5.74) is 0. The first-order chi connectivity index (χ1) is 4.72. The standard InChI is InChI=1S/C6H11NO3/c1-2-3-4-5(7-10)6(8)9/h5H,2-4H2,1H3,(H,8,9)/t5-/m0/s1. The van der Waals surface area contributed by atoms with Crippen molar-refractivity contribution in [1.82, 2.24) is 0 Å². The van der Waals surface area contributed by atoms with Crippen molar-refractivity contribution in [3.8, 4) is 0 Å². The molecule has 0 aromatic rings. The highest BCUT2D eigenvalue weighted by atomic mass is 16.4. The number of carbonyl (C=O) groups is 1. The van der Waals surface area contributed by atoms with Crippen LogP contribution in [0.5, 0.6) is 0 Å². The maximum absolute atomic E-state index is 10.1. The number of nitrogens with zero attached hydrogens (tertiary/aromatic N) is 1. The molecular formula is C6H11NO3. The molecule has 0 heterocycles. The fraction of sp³-hybridized carbons (Fsp3) is 0.833. The Morgan fingerprint density at radius 2 is 2.30 bits per heavy atom. The molecule has 1 N–H and O–H groups in total. The van der Waals surface area contributed by atoms with Gasteiger partial charge in [-0.15, -0.1) is 4.91 Å². The maximum atomic E-state index is 10.1. The zero-order chi connectivity index (χ0) is 7.98. The van der Waals surface area contributed by atoms with Crippen LogP contribution in [0.15, 0.2) is 5.18 Å². The third-order valence-electron chi connectivity index (χ3n) is 1.24. The van der Waals surface area contributed by atoms with E-state index in [-0.39, 0.29) is 0 Å². The molecule has 0 aliphatic rings. The summed E-state index contributed by atoms with van der Waals surface area (Å²) in [5, 5.41) is 10.8. The molecule has 0 aliphatic heterocycles. The summed E-state index contributed by atoms with van der Waals surface area (Å²) in [6.45, 7) is 1.93. The second-order valence-electron chi connectivity index (χ2n) is 2.10. The van der Waals surface area contributed by atoms with E-state index in [2.05, 4.69) is 5.18 Å². The molecule has 0 saturated carbocycles. The monoisotopic (exact) mass is 145 g/mol. The lowest BCUT2D eigenvalue weighted by Crippen LogP contribution is -2.16. The minimum absolute atomic E-state index is 0.356. The van der Waals surface area contributed by atoms with Gasteiger partial charge in [-0.25, -0.2) is 4.79 Å². The number of unbranched alkanes of at least 4 members (excludes halogenated alkanes) is 1. The molecule has 0 radical (unpaired) electrons. The van der Waals surface area contributed by atoms with Gasteiger partial charge in [-0.1, -0.05) is 24.9 Å². The lowest BCUT2D eigenvalue weighted by molar-refractivity contribution is -0.138. The summed E-state index contributed by atoms with van der Waals surface area (Å²) in [6.07, 6.45) is 1.98. The van der Waals surface area contributed by atoms with Crippen LogP contribution in [0.4, 0.5) is 0 Å². The first-order valence-corrected chi connectivity index (χ1v) is 3.27. The maximum Gasteiger partial charge on any atom is 0.332 e. The van der Waals surface area contributed by atoms with Gasteiger partial charge in [-0.05, 0) is 6.42 Å². The van der Waals surface area contributed by atoms with Crippen LogP contribution in [0, 0.1) is 4.91 Å². The van der Waals surface area contributed by atoms with E-state index in [4.69, 9.17) is 5.11 Å². The number of hydrogen-bond donors (Lipinski definition) is 1. The molecule has 0 saturated heterocycles. The number of carboxylic acid groups (broad SMARTS) is 1. The van der Waals surface area contributed by atoms with Gasteiger partial charge in [0.2, 0.25) is 0 Å². The Morgan fingerprint density at radius 1 is 1.70 bits per heavy atom. The molecule has 4 nitrogen and oxygen atoms in total. The Balaban J connectivity index is 3.60. The van der Waals surface area contributed by atoms with Gasteiger partial charge >= 0.3 is 5.97 Å². The van der Waals surface area contributed by atoms with Crippen molar-refractivity contribution >= 4 is 5.97 Å². The molecule has 10 heavy (non-hydrogen) atoms. The Hall–Kier alpha value is -0.930. The highest BCUT2D eigenvalue weighted by Crippen LogP contribution is 2.03. The van der Waals surface area contributed by atoms with Crippen LogP contribution in [0.25, 0.3) is 0 Å². The van der Waals surface area contributed by atoms with Gasteiger partial charge in [0, 0.05) is 0 Å². The van der Waals surface area contributed by atoms with E-state index in [0.717, 1.165) is 12.8 Å². The number of hydrogen-bond acceptors (Lipinski definition) is 3. The van der Waals surface area contributed by atoms with Crippen molar-refractivity contribution in [3.05, 3.63) is 4.91 Å². The number of aliphatic carboxylic acids is 1. The molecule has 4 heteroatoms. The zero-order valence-corrected chi connectivity index (χ0v) is 5.91. The first-order valence-electron chi connectivity index (χ1n) is 3.27. The van der Waals surface area contributed by atoms with Gasteiger partial charge in [-0.2, -0.15) is 0 Å². The molecule has 0 unspecified atom stereocenters. The smallest absolute Gasteiger partial charge is 0.332 e. The minimum atomic E-state index is -1.12. The molecule has 0 aromatic heterocycles. The average Bonchev–Trinajstić information content (AvgIpc) is 1.89. The highest BCUT2D eigenvalue weighted by Gasteiger charge is 2.15. The van der Waals surface area contributed by atoms with E-state index >= 15 is 0 Å². The topological polar surface area (TPSA) is 66.7 Å². The van der Waals surface area contributed by atoms with Gasteiger partial charge in [0.25, 0.3) is 0 Å². The Kier molecular flexibility index (Phi) is 4.45. The summed E-state index contributed by atoms with van der Waals surface area (Å²) in [6, 6.07) is -1.04. The van der Waals surface area contributed by atoms with Crippen LogP contribution in [-0.4, -0.2) is 17.1 Å². The van der Waals surface area contributed by atoms with E-state index in [9.17, 15) is 9.70 Å². The molecule has 0 fully saturated rings. The van der Waals surface area contributed by atoms with Crippen LogP contribution >= 0.6 is 0 Å². The molecule has 0 bridgehead atoms. The summed E-state index contributed by atoms with van der Waals surface area (Å²) in [5.74, 6) is -1.12. The lowest BCUT2D eigenvalue weighted by atomic mass is 10.1. The third kappa shape index (κ3) is 3.17. The fourth-order valence-electron chi connectivity index (χ4n) is 0.619. The molecule has 1 atom stereocenters. The van der Waals surface area contributed by atoms with Gasteiger partial charge in [0.15, 0.2) is 6.04 Å². The van der Waals surface area contributed by atoms with Crippen molar-refractivity contribution in [1.29, 1.82) is 0 Å². The van der Waals surface area contributed by atoms with Gasteiger partial charge in [-0.3, -0.25) is 0 Å². The normalized spacial score (nSPS) is 12.5. The summed E-state index contributed by atoms with van der Waals surface area (Å²) in [4.78, 5) is 20.0. The molecule has 0 amide bonds. The Morgan fingerprint density at radius 3 is 2.60 bits per heavy atom. The zero-order valence-electron chi connectivity index (χ0n) is 5.91. The second-order valence-corrected chi connectivity index (χ2v) is 2.10. The second kappa shape index (κ2) is 4.90. The van der Waals surface area contributed by atoms with Crippen LogP contribution in [0.3, 0.4) is 0 Å². The van der Waals surface area contributed by atoms with E-state index in [1.165, 1.54) is 0 Å². The van der Waals surface area contributed by atoms with E-state index in [1.807, 2.05) is 6.92 Å². The predicted octanol–water partition coefficient (Wildman–Crippen LogP) is 1.40.